The van der Waals surface area contributed by atoms with Gasteiger partial charge in [-0.1, -0.05) is 29.0 Å². The van der Waals surface area contributed by atoms with Crippen molar-refractivity contribution in [2.75, 3.05) is 31.2 Å². The molecule has 3 aromatic rings. The molecular formula is C29H26ClN3O5S3. The highest BCUT2D eigenvalue weighted by Gasteiger charge is 2.70. The standard InChI is InChI=1S/C29H26ClN3O5S3/c30-14-3-5-15(6-4-14)33-26(35)21-16-12-17(22(21)27(33)36)24-20(16)23(18-2-1-11-39-18)25-28(40-24)32(29(37)41-25)13-19(34)31-7-9-38-10-8-31/h1-6,11,16-17,20-24H,7-10,12-13H2. The van der Waals surface area contributed by atoms with Gasteiger partial charge in [0.15, 0.2) is 0 Å². The number of halogens is 1. The highest BCUT2D eigenvalue weighted by molar-refractivity contribution is 8.00. The van der Waals surface area contributed by atoms with Gasteiger partial charge in [-0.05, 0) is 59.9 Å². The summed E-state index contributed by atoms with van der Waals surface area (Å²) in [6, 6.07) is 11.0. The fraction of sp³-hybridized carbons (Fsp3) is 0.448. The summed E-state index contributed by atoms with van der Waals surface area (Å²) in [4.78, 5) is 59.5. The van der Waals surface area contributed by atoms with Crippen LogP contribution in [0.15, 0.2) is 51.6 Å². The number of carbonyl (C=O) groups excluding carboxylic acids is 3. The van der Waals surface area contributed by atoms with Crippen LogP contribution in [-0.2, 0) is 25.7 Å². The molecule has 12 heteroatoms. The van der Waals surface area contributed by atoms with Crippen LogP contribution in [0.5, 0.6) is 0 Å². The Morgan fingerprint density at radius 1 is 1.00 bits per heavy atom. The number of hydrogen-bond acceptors (Lipinski definition) is 8. The number of amides is 3. The SMILES string of the molecule is O=C(Cn1c2c(sc1=O)C(c1cccs1)C1C3CC(C1S2)C1C(=O)N(c2ccc(Cl)cc2)C(=O)C31)N1CCOCC1. The number of thiophene rings is 1. The van der Waals surface area contributed by atoms with E-state index >= 15 is 0 Å². The molecule has 41 heavy (non-hydrogen) atoms. The van der Waals surface area contributed by atoms with Gasteiger partial charge in [0, 0.05) is 39.0 Å². The first-order chi connectivity index (χ1) is 19.9. The Kier molecular flexibility index (Phi) is 6.27. The van der Waals surface area contributed by atoms with E-state index in [1.165, 1.54) is 21.1 Å². The lowest BCUT2D eigenvalue weighted by Crippen LogP contribution is -2.44. The highest BCUT2D eigenvalue weighted by atomic mass is 35.5. The molecule has 0 radical (unpaired) electrons. The highest BCUT2D eigenvalue weighted by Crippen LogP contribution is 2.69. The lowest BCUT2D eigenvalue weighted by Gasteiger charge is -2.43. The molecule has 5 aliphatic rings. The number of thiazole rings is 1. The summed E-state index contributed by atoms with van der Waals surface area (Å²) in [5.41, 5.74) is 0.568. The minimum atomic E-state index is -0.365. The van der Waals surface area contributed by atoms with Crippen LogP contribution in [0.4, 0.5) is 5.69 Å². The van der Waals surface area contributed by atoms with Gasteiger partial charge in [0.2, 0.25) is 17.7 Å². The second-order valence-corrected chi connectivity index (χ2v) is 14.9. The van der Waals surface area contributed by atoms with Gasteiger partial charge in [-0.3, -0.25) is 28.6 Å². The van der Waals surface area contributed by atoms with Gasteiger partial charge >= 0.3 is 4.87 Å². The van der Waals surface area contributed by atoms with Crippen molar-refractivity contribution in [1.29, 1.82) is 0 Å². The number of thioether (sulfide) groups is 1. The maximum atomic E-state index is 13.9. The molecule has 2 aliphatic carbocycles. The Balaban J connectivity index is 1.17. The van der Waals surface area contributed by atoms with Crippen molar-refractivity contribution in [3.05, 3.63) is 66.2 Å². The number of aromatic nitrogens is 1. The van der Waals surface area contributed by atoms with E-state index in [1.54, 1.807) is 56.8 Å². The molecule has 2 saturated carbocycles. The zero-order valence-electron chi connectivity index (χ0n) is 21.8. The lowest BCUT2D eigenvalue weighted by atomic mass is 9.69. The van der Waals surface area contributed by atoms with Gasteiger partial charge in [0.05, 0.1) is 35.8 Å². The number of nitrogens with zero attached hydrogens (tertiary/aromatic N) is 3. The number of hydrogen-bond donors (Lipinski definition) is 0. The number of ether oxygens (including phenoxy) is 1. The normalized spacial score (nSPS) is 31.9. The molecule has 7 atom stereocenters. The van der Waals surface area contributed by atoms with Crippen molar-refractivity contribution in [2.45, 2.75) is 29.2 Å². The third-order valence-corrected chi connectivity index (χ3v) is 13.5. The molecule has 7 unspecified atom stereocenters. The lowest BCUT2D eigenvalue weighted by molar-refractivity contribution is -0.136. The second-order valence-electron chi connectivity index (χ2n) is 11.4. The summed E-state index contributed by atoms with van der Waals surface area (Å²) in [6.07, 6.45) is 0.831. The van der Waals surface area contributed by atoms with E-state index in [4.69, 9.17) is 16.3 Å². The Morgan fingerprint density at radius 2 is 1.73 bits per heavy atom. The quantitative estimate of drug-likeness (QED) is 0.404. The van der Waals surface area contributed by atoms with E-state index in [0.717, 1.165) is 16.3 Å². The van der Waals surface area contributed by atoms with Crippen molar-refractivity contribution in [3.8, 4) is 0 Å². The van der Waals surface area contributed by atoms with Gasteiger partial charge in [-0.2, -0.15) is 0 Å². The predicted molar refractivity (Wildman–Crippen MR) is 158 cm³/mol. The molecule has 0 spiro atoms. The monoisotopic (exact) mass is 627 g/mol. The number of carbonyl (C=O) groups is 3. The van der Waals surface area contributed by atoms with Crippen molar-refractivity contribution in [1.82, 2.24) is 9.47 Å². The fourth-order valence-electron chi connectivity index (χ4n) is 7.93. The van der Waals surface area contributed by atoms with Crippen LogP contribution in [0.25, 0.3) is 0 Å². The fourth-order valence-corrected chi connectivity index (χ4v) is 12.2. The van der Waals surface area contributed by atoms with E-state index in [1.807, 2.05) is 6.07 Å². The van der Waals surface area contributed by atoms with Gasteiger partial charge in [0.1, 0.15) is 6.54 Å². The minimum absolute atomic E-state index is 0.00806. The summed E-state index contributed by atoms with van der Waals surface area (Å²) >= 11 is 10.6. The Morgan fingerprint density at radius 3 is 2.44 bits per heavy atom. The summed E-state index contributed by atoms with van der Waals surface area (Å²) in [5.74, 6) is -0.840. The minimum Gasteiger partial charge on any atom is -0.378 e. The summed E-state index contributed by atoms with van der Waals surface area (Å²) in [6.45, 7) is 2.08. The van der Waals surface area contributed by atoms with Gasteiger partial charge in [-0.15, -0.1) is 23.1 Å². The maximum absolute atomic E-state index is 13.9. The Labute approximate surface area is 253 Å². The zero-order valence-corrected chi connectivity index (χ0v) is 25.0. The maximum Gasteiger partial charge on any atom is 0.308 e. The molecule has 2 saturated heterocycles. The van der Waals surface area contributed by atoms with E-state index in [0.29, 0.717) is 37.0 Å². The van der Waals surface area contributed by atoms with Crippen molar-refractivity contribution >= 4 is 69.4 Å². The third kappa shape index (κ3) is 3.89. The van der Waals surface area contributed by atoms with Crippen LogP contribution in [-0.4, -0.2) is 58.7 Å². The summed E-state index contributed by atoms with van der Waals surface area (Å²) in [5, 5.41) is 3.55. The van der Waals surface area contributed by atoms with Gasteiger partial charge in [0.25, 0.3) is 0 Å². The molecule has 3 aliphatic heterocycles. The van der Waals surface area contributed by atoms with E-state index in [-0.39, 0.29) is 69.9 Å². The van der Waals surface area contributed by atoms with Crippen LogP contribution in [0.1, 0.15) is 22.1 Å². The summed E-state index contributed by atoms with van der Waals surface area (Å²) in [7, 11) is 0. The van der Waals surface area contributed by atoms with Crippen molar-refractivity contribution in [3.63, 3.8) is 0 Å². The van der Waals surface area contributed by atoms with Crippen LogP contribution in [0.3, 0.4) is 0 Å². The molecule has 4 fully saturated rings. The van der Waals surface area contributed by atoms with Gasteiger partial charge in [-0.25, -0.2) is 0 Å². The second kappa shape index (κ2) is 9.80. The number of benzene rings is 1. The number of rotatable bonds is 4. The number of fused-ring (bicyclic) bond motifs is 9. The largest absolute Gasteiger partial charge is 0.378 e. The van der Waals surface area contributed by atoms with Crippen molar-refractivity contribution in [2.24, 2.45) is 29.6 Å². The topological polar surface area (TPSA) is 88.9 Å². The Hall–Kier alpha value is -2.44. The van der Waals surface area contributed by atoms with Crippen LogP contribution >= 0.6 is 46.0 Å². The van der Waals surface area contributed by atoms with Crippen LogP contribution in [0, 0.1) is 29.6 Å². The molecule has 5 heterocycles. The van der Waals surface area contributed by atoms with Crippen LogP contribution in [0.2, 0.25) is 5.02 Å². The molecule has 8 rings (SSSR count). The smallest absolute Gasteiger partial charge is 0.308 e. The van der Waals surface area contributed by atoms with E-state index < -0.39 is 0 Å². The number of imide groups is 1. The van der Waals surface area contributed by atoms with E-state index in [2.05, 4.69) is 11.4 Å². The molecule has 3 amide bonds. The molecule has 8 nitrogen and oxygen atoms in total. The van der Waals surface area contributed by atoms with E-state index in [9.17, 15) is 19.2 Å². The third-order valence-electron chi connectivity index (χ3n) is 9.54. The molecule has 212 valence electrons. The van der Waals surface area contributed by atoms with Crippen molar-refractivity contribution < 1.29 is 19.1 Å². The average molecular weight is 628 g/mol. The average Bonchev–Trinajstić information content (AvgIpc) is 3.80. The predicted octanol–water partition coefficient (Wildman–Crippen LogP) is 4.16. The number of anilines is 1. The Bertz CT molecular complexity index is 1610. The molecule has 2 bridgehead atoms. The summed E-state index contributed by atoms with van der Waals surface area (Å²) < 4.78 is 7.05. The zero-order chi connectivity index (χ0) is 28.0. The first-order valence-corrected chi connectivity index (χ1v) is 16.8. The molecule has 2 aromatic heterocycles. The molecule has 1 aromatic carbocycles. The first-order valence-electron chi connectivity index (χ1n) is 13.8. The first kappa shape index (κ1) is 26.2. The van der Waals surface area contributed by atoms with Crippen LogP contribution < -0.4 is 9.77 Å². The molecular weight excluding hydrogens is 602 g/mol. The number of morpholine rings is 1. The molecule has 0 N–H and O–H groups in total. The van der Waals surface area contributed by atoms with Gasteiger partial charge < -0.3 is 9.64 Å².